The molecule has 35 heavy (non-hydrogen) atoms. The summed E-state index contributed by atoms with van der Waals surface area (Å²) in [6.07, 6.45) is 11.0. The first-order valence-electron chi connectivity index (χ1n) is 13.3. The minimum absolute atomic E-state index is 0.191. The number of carboxylic acids is 1. The minimum Gasteiger partial charge on any atom is -0.480 e. The second kappa shape index (κ2) is 14.1. The number of aliphatic carboxylic acids is 1. The predicted octanol–water partition coefficient (Wildman–Crippen LogP) is 3.44. The lowest BCUT2D eigenvalue weighted by Crippen LogP contribution is -2.54. The molecule has 1 aromatic rings. The van der Waals surface area contributed by atoms with Crippen molar-refractivity contribution in [3.05, 3.63) is 35.4 Å². The lowest BCUT2D eigenvalue weighted by molar-refractivity contribution is -0.139. The van der Waals surface area contributed by atoms with Crippen molar-refractivity contribution in [2.24, 2.45) is 11.7 Å². The summed E-state index contributed by atoms with van der Waals surface area (Å²) in [5, 5.41) is 17.9. The molecule has 1 unspecified atom stereocenters. The highest BCUT2D eigenvalue weighted by Crippen LogP contribution is 2.31. The first-order valence-corrected chi connectivity index (χ1v) is 13.3. The van der Waals surface area contributed by atoms with Gasteiger partial charge < -0.3 is 26.8 Å². The summed E-state index contributed by atoms with van der Waals surface area (Å²) < 4.78 is 0. The van der Waals surface area contributed by atoms with Gasteiger partial charge in [-0.05, 0) is 68.5 Å². The Morgan fingerprint density at radius 1 is 0.971 bits per heavy atom. The van der Waals surface area contributed by atoms with E-state index >= 15 is 0 Å². The van der Waals surface area contributed by atoms with Crippen molar-refractivity contribution in [2.45, 2.75) is 95.1 Å². The smallest absolute Gasteiger partial charge is 0.326 e. The maximum absolute atomic E-state index is 13.3. The average Bonchev–Trinajstić information content (AvgIpc) is 2.87. The molecule has 0 bridgehead atoms. The van der Waals surface area contributed by atoms with E-state index in [0.717, 1.165) is 44.9 Å². The van der Waals surface area contributed by atoms with E-state index in [1.54, 1.807) is 0 Å². The summed E-state index contributed by atoms with van der Waals surface area (Å²) in [5.41, 5.74) is 8.15. The maximum atomic E-state index is 13.3. The first-order chi connectivity index (χ1) is 17.0. The summed E-state index contributed by atoms with van der Waals surface area (Å²) in [4.78, 5) is 37.6. The van der Waals surface area contributed by atoms with Crippen molar-refractivity contribution < 1.29 is 19.5 Å². The number of hydrogen-bond donors (Lipinski definition) is 5. The van der Waals surface area contributed by atoms with Crippen LogP contribution in [0.2, 0.25) is 0 Å². The zero-order valence-corrected chi connectivity index (χ0v) is 20.8. The van der Waals surface area contributed by atoms with Crippen LogP contribution in [0.25, 0.3) is 0 Å². The number of unbranched alkanes of at least 4 members (excludes halogenated alkanes) is 1. The van der Waals surface area contributed by atoms with E-state index in [-0.39, 0.29) is 11.8 Å². The van der Waals surface area contributed by atoms with Gasteiger partial charge in [0.1, 0.15) is 12.1 Å². The molecule has 3 amide bonds. The number of carbonyl (C=O) groups excluding carboxylic acids is 2. The Kier molecular flexibility index (Phi) is 10.8. The Balaban J connectivity index is 1.60. The van der Waals surface area contributed by atoms with Crippen molar-refractivity contribution >= 4 is 17.9 Å². The van der Waals surface area contributed by atoms with Crippen molar-refractivity contribution in [3.8, 4) is 0 Å². The molecule has 1 fully saturated rings. The van der Waals surface area contributed by atoms with Gasteiger partial charge >= 0.3 is 12.0 Å². The molecule has 0 radical (unpaired) electrons. The number of rotatable bonds is 12. The number of nitrogens with two attached hydrogens (primary N) is 1. The molecule has 3 rings (SSSR count). The van der Waals surface area contributed by atoms with Gasteiger partial charge in [-0.25, -0.2) is 9.59 Å². The number of benzene rings is 1. The lowest BCUT2D eigenvalue weighted by Gasteiger charge is -2.29. The number of aryl methyl sites for hydroxylation is 1. The zero-order valence-electron chi connectivity index (χ0n) is 20.8. The monoisotopic (exact) mass is 486 g/mol. The van der Waals surface area contributed by atoms with E-state index in [0.29, 0.717) is 44.7 Å². The Morgan fingerprint density at radius 3 is 2.46 bits per heavy atom. The summed E-state index contributed by atoms with van der Waals surface area (Å²) in [6.45, 7) is 1.02. The predicted molar refractivity (Wildman–Crippen MR) is 136 cm³/mol. The van der Waals surface area contributed by atoms with Crippen LogP contribution in [-0.4, -0.2) is 48.2 Å². The van der Waals surface area contributed by atoms with Crippen LogP contribution in [0.3, 0.4) is 0 Å². The van der Waals surface area contributed by atoms with E-state index in [2.05, 4.69) is 34.1 Å². The third-order valence-corrected chi connectivity index (χ3v) is 7.48. The maximum Gasteiger partial charge on any atom is 0.326 e. The lowest BCUT2D eigenvalue weighted by atomic mass is 9.82. The summed E-state index contributed by atoms with van der Waals surface area (Å²) in [5.74, 6) is -0.618. The quantitative estimate of drug-likeness (QED) is 0.289. The highest BCUT2D eigenvalue weighted by atomic mass is 16.4. The average molecular weight is 487 g/mol. The van der Waals surface area contributed by atoms with Gasteiger partial charge in [-0.15, -0.1) is 0 Å². The third-order valence-electron chi connectivity index (χ3n) is 7.48. The largest absolute Gasteiger partial charge is 0.480 e. The molecule has 8 nitrogen and oxygen atoms in total. The van der Waals surface area contributed by atoms with Crippen molar-refractivity contribution in [2.75, 3.05) is 13.1 Å². The van der Waals surface area contributed by atoms with E-state index in [1.165, 1.54) is 17.5 Å². The second-order valence-corrected chi connectivity index (χ2v) is 10.1. The minimum atomic E-state index is -1.08. The summed E-state index contributed by atoms with van der Waals surface area (Å²) >= 11 is 0. The van der Waals surface area contributed by atoms with E-state index in [9.17, 15) is 19.5 Å². The fourth-order valence-electron chi connectivity index (χ4n) is 5.51. The molecule has 6 N–H and O–H groups in total. The molecule has 194 valence electrons. The number of amides is 3. The first kappa shape index (κ1) is 27.0. The highest BCUT2D eigenvalue weighted by molar-refractivity contribution is 5.88. The zero-order chi connectivity index (χ0) is 25.0. The Bertz CT molecular complexity index is 840. The Labute approximate surface area is 208 Å². The van der Waals surface area contributed by atoms with E-state index in [4.69, 9.17) is 5.73 Å². The molecule has 2 aliphatic rings. The molecule has 0 aliphatic heterocycles. The topological polar surface area (TPSA) is 134 Å². The normalized spacial score (nSPS) is 19.7. The second-order valence-electron chi connectivity index (χ2n) is 10.1. The number of fused-ring (bicyclic) bond motifs is 1. The van der Waals surface area contributed by atoms with Gasteiger partial charge in [-0.1, -0.05) is 56.4 Å². The van der Waals surface area contributed by atoms with Crippen molar-refractivity contribution in [3.63, 3.8) is 0 Å². The van der Waals surface area contributed by atoms with Gasteiger partial charge in [0.05, 0.1) is 0 Å². The molecule has 8 heteroatoms. The van der Waals surface area contributed by atoms with Crippen molar-refractivity contribution in [1.29, 1.82) is 0 Å². The molecular weight excluding hydrogens is 444 g/mol. The van der Waals surface area contributed by atoms with Crippen LogP contribution in [0.5, 0.6) is 0 Å². The SMILES string of the molecule is NCCCC[C@H](NC(=O)N[C@H](CC1CCCCC1)C(=O)NCC1CCCc2ccccc21)C(=O)O. The third kappa shape index (κ3) is 8.53. The van der Waals surface area contributed by atoms with Gasteiger partial charge in [0.25, 0.3) is 0 Å². The van der Waals surface area contributed by atoms with Crippen molar-refractivity contribution in [1.82, 2.24) is 16.0 Å². The molecule has 0 spiro atoms. The van der Waals surface area contributed by atoms with Crippen LogP contribution in [0.4, 0.5) is 4.79 Å². The fourth-order valence-corrected chi connectivity index (χ4v) is 5.51. The Hall–Kier alpha value is -2.61. The highest BCUT2D eigenvalue weighted by Gasteiger charge is 2.29. The number of nitrogens with one attached hydrogen (secondary N) is 3. The van der Waals surface area contributed by atoms with Gasteiger partial charge in [-0.3, -0.25) is 4.79 Å². The number of urea groups is 1. The fraction of sp³-hybridized carbons (Fsp3) is 0.667. The van der Waals surface area contributed by atoms with E-state index in [1.807, 2.05) is 6.07 Å². The van der Waals surface area contributed by atoms with Gasteiger partial charge in [0.2, 0.25) is 5.91 Å². The summed E-state index contributed by atoms with van der Waals surface area (Å²) in [7, 11) is 0. The molecule has 0 aromatic heterocycles. The van der Waals surface area contributed by atoms with Crippen LogP contribution in [0.1, 0.15) is 87.7 Å². The standard InChI is InChI=1S/C27H42N4O4/c28-16-7-6-15-23(26(33)34)30-27(35)31-24(17-19-9-2-1-3-10-19)25(32)29-18-21-13-8-12-20-11-4-5-14-22(20)21/h4-5,11,14,19,21,23-24H,1-3,6-10,12-13,15-18,28H2,(H,29,32)(H,33,34)(H2,30,31,35)/t21?,23-,24+/m0/s1. The molecule has 0 saturated heterocycles. The summed E-state index contributed by atoms with van der Waals surface area (Å²) in [6, 6.07) is 6.12. The van der Waals surface area contributed by atoms with Crippen LogP contribution in [-0.2, 0) is 16.0 Å². The van der Waals surface area contributed by atoms with Gasteiger partial charge in [-0.2, -0.15) is 0 Å². The van der Waals surface area contributed by atoms with Gasteiger partial charge in [0, 0.05) is 12.5 Å². The number of hydrogen-bond acceptors (Lipinski definition) is 4. The molecule has 1 aromatic carbocycles. The van der Waals surface area contributed by atoms with E-state index < -0.39 is 24.1 Å². The van der Waals surface area contributed by atoms with Crippen LogP contribution < -0.4 is 21.7 Å². The van der Waals surface area contributed by atoms with Crippen LogP contribution in [0.15, 0.2) is 24.3 Å². The molecule has 2 aliphatic carbocycles. The molecule has 1 saturated carbocycles. The molecular formula is C27H42N4O4. The molecule has 3 atom stereocenters. The van der Waals surface area contributed by atoms with Gasteiger partial charge in [0.15, 0.2) is 0 Å². The van der Waals surface area contributed by atoms with Crippen LogP contribution >= 0.6 is 0 Å². The van der Waals surface area contributed by atoms with Crippen LogP contribution in [0, 0.1) is 5.92 Å². The Morgan fingerprint density at radius 2 is 1.71 bits per heavy atom. The number of carbonyl (C=O) groups is 3. The number of carboxylic acid groups (broad SMARTS) is 1. The molecule has 0 heterocycles.